The highest BCUT2D eigenvalue weighted by atomic mass is 32.2. The van der Waals surface area contributed by atoms with Gasteiger partial charge in [-0.2, -0.15) is 0 Å². The Balaban J connectivity index is 1.77. The predicted octanol–water partition coefficient (Wildman–Crippen LogP) is 4.15. The molecule has 4 nitrogen and oxygen atoms in total. The molecule has 2 atom stereocenters. The Bertz CT molecular complexity index is 1230. The Labute approximate surface area is 164 Å². The van der Waals surface area contributed by atoms with Crippen LogP contribution in [-0.2, 0) is 23.3 Å². The first-order valence-corrected chi connectivity index (χ1v) is 11.1. The molecule has 0 spiro atoms. The smallest absolute Gasteiger partial charge is 0.206 e. The summed E-state index contributed by atoms with van der Waals surface area (Å²) in [5.74, 6) is -0.547. The molecule has 2 unspecified atom stereocenters. The highest BCUT2D eigenvalue weighted by Crippen LogP contribution is 2.47. The largest absolute Gasteiger partial charge is 0.347 e. The molecule has 1 fully saturated rings. The summed E-state index contributed by atoms with van der Waals surface area (Å²) < 4.78 is 42.3. The molecular weight excluding hydrogens is 375 g/mol. The van der Waals surface area contributed by atoms with Crippen LogP contribution in [0.5, 0.6) is 0 Å². The Morgan fingerprint density at radius 3 is 2.61 bits per heavy atom. The second kappa shape index (κ2) is 5.91. The van der Waals surface area contributed by atoms with Gasteiger partial charge in [0.2, 0.25) is 9.84 Å². The van der Waals surface area contributed by atoms with Gasteiger partial charge in [-0.05, 0) is 68.3 Å². The summed E-state index contributed by atoms with van der Waals surface area (Å²) in [6, 6.07) is 9.65. The number of hydrogen-bond donors (Lipinski definition) is 0. The van der Waals surface area contributed by atoms with Crippen molar-refractivity contribution in [2.45, 2.75) is 48.1 Å². The molecule has 0 radical (unpaired) electrons. The van der Waals surface area contributed by atoms with Crippen molar-refractivity contribution in [3.63, 3.8) is 0 Å². The molecule has 0 amide bonds. The maximum absolute atomic E-state index is 13.6. The Morgan fingerprint density at radius 2 is 1.86 bits per heavy atom. The van der Waals surface area contributed by atoms with Crippen LogP contribution in [0.4, 0.5) is 4.39 Å². The molecule has 28 heavy (non-hydrogen) atoms. The summed E-state index contributed by atoms with van der Waals surface area (Å²) in [6.07, 6.45) is 3.28. The fourth-order valence-corrected chi connectivity index (χ4v) is 6.64. The van der Waals surface area contributed by atoms with Crippen molar-refractivity contribution in [3.8, 4) is 0 Å². The highest BCUT2D eigenvalue weighted by Gasteiger charge is 2.40. The first kappa shape index (κ1) is 17.9. The number of halogens is 1. The number of rotatable bonds is 2. The third-order valence-electron chi connectivity index (χ3n) is 6.64. The number of hydrogen-bond acceptors (Lipinski definition) is 3. The van der Waals surface area contributed by atoms with E-state index in [9.17, 15) is 12.8 Å². The maximum atomic E-state index is 13.6. The lowest BCUT2D eigenvalue weighted by molar-refractivity contribution is 0.222. The second-order valence-electron chi connectivity index (χ2n) is 8.13. The lowest BCUT2D eigenvalue weighted by Gasteiger charge is -2.32. The zero-order valence-corrected chi connectivity index (χ0v) is 17.1. The van der Waals surface area contributed by atoms with E-state index in [-0.39, 0.29) is 9.79 Å². The molecule has 0 N–H and O–H groups in total. The average Bonchev–Trinajstić information content (AvgIpc) is 3.05. The standard InChI is InChI=1S/C22H23FN2O2S/c1-13-9-17(28(26,27)16-6-4-5-14(23)10-16)12-18-21-19-8-7-15(24(19)2)11-20(21)25(3)22(13)18/h4-6,9-10,12,15,19H,7-8,11H2,1-3H3. The number of fused-ring (bicyclic) bond motifs is 6. The van der Waals surface area contributed by atoms with Crippen molar-refractivity contribution >= 4 is 20.7 Å². The number of sulfone groups is 1. The molecule has 5 rings (SSSR count). The molecule has 1 aromatic heterocycles. The van der Waals surface area contributed by atoms with Crippen molar-refractivity contribution in [1.29, 1.82) is 0 Å². The van der Waals surface area contributed by atoms with Gasteiger partial charge in [0.1, 0.15) is 5.82 Å². The van der Waals surface area contributed by atoms with Crippen LogP contribution in [0.1, 0.15) is 35.7 Å². The molecule has 2 aliphatic heterocycles. The van der Waals surface area contributed by atoms with Gasteiger partial charge in [-0.25, -0.2) is 12.8 Å². The van der Waals surface area contributed by atoms with Crippen LogP contribution >= 0.6 is 0 Å². The summed E-state index contributed by atoms with van der Waals surface area (Å²) in [6.45, 7) is 1.96. The van der Waals surface area contributed by atoms with Gasteiger partial charge < -0.3 is 4.57 Å². The molecule has 3 heterocycles. The van der Waals surface area contributed by atoms with Gasteiger partial charge in [0.05, 0.1) is 15.3 Å². The molecular formula is C22H23FN2O2S. The highest BCUT2D eigenvalue weighted by molar-refractivity contribution is 7.91. The van der Waals surface area contributed by atoms with E-state index in [1.807, 2.05) is 6.92 Å². The third-order valence-corrected chi connectivity index (χ3v) is 8.37. The lowest BCUT2D eigenvalue weighted by Crippen LogP contribution is -2.34. The zero-order valence-electron chi connectivity index (χ0n) is 16.2. The Hall–Kier alpha value is -2.18. The van der Waals surface area contributed by atoms with Crippen LogP contribution in [0.15, 0.2) is 46.2 Å². The minimum atomic E-state index is -3.78. The van der Waals surface area contributed by atoms with E-state index in [4.69, 9.17) is 0 Å². The zero-order chi connectivity index (χ0) is 19.8. The van der Waals surface area contributed by atoms with E-state index in [1.165, 1.54) is 35.9 Å². The van der Waals surface area contributed by atoms with Crippen molar-refractivity contribution in [2.24, 2.45) is 7.05 Å². The topological polar surface area (TPSA) is 42.3 Å². The molecule has 6 heteroatoms. The summed E-state index contributed by atoms with van der Waals surface area (Å²) in [7, 11) is 0.471. The average molecular weight is 399 g/mol. The molecule has 2 bridgehead atoms. The first-order chi connectivity index (χ1) is 13.3. The van der Waals surface area contributed by atoms with E-state index < -0.39 is 15.7 Å². The second-order valence-corrected chi connectivity index (χ2v) is 10.1. The fourth-order valence-electron chi connectivity index (χ4n) is 5.24. The number of aromatic nitrogens is 1. The van der Waals surface area contributed by atoms with E-state index in [0.717, 1.165) is 35.4 Å². The van der Waals surface area contributed by atoms with E-state index in [1.54, 1.807) is 12.1 Å². The van der Waals surface area contributed by atoms with Gasteiger partial charge in [0, 0.05) is 36.6 Å². The Kier molecular flexibility index (Phi) is 3.77. The monoisotopic (exact) mass is 398 g/mol. The van der Waals surface area contributed by atoms with Gasteiger partial charge in [-0.15, -0.1) is 0 Å². The van der Waals surface area contributed by atoms with Crippen molar-refractivity contribution in [3.05, 3.63) is 59.0 Å². The summed E-state index contributed by atoms with van der Waals surface area (Å²) in [4.78, 5) is 2.67. The molecule has 2 aliphatic rings. The summed E-state index contributed by atoms with van der Waals surface area (Å²) in [5, 5.41) is 1.02. The third kappa shape index (κ3) is 2.34. The normalized spacial score (nSPS) is 22.0. The van der Waals surface area contributed by atoms with Crippen LogP contribution in [0, 0.1) is 12.7 Å². The van der Waals surface area contributed by atoms with Crippen LogP contribution < -0.4 is 0 Å². The Morgan fingerprint density at radius 1 is 1.07 bits per heavy atom. The van der Waals surface area contributed by atoms with E-state index in [2.05, 4.69) is 23.6 Å². The maximum Gasteiger partial charge on any atom is 0.206 e. The molecule has 1 saturated heterocycles. The molecule has 3 aromatic rings. The van der Waals surface area contributed by atoms with Crippen molar-refractivity contribution in [1.82, 2.24) is 9.47 Å². The number of nitrogens with zero attached hydrogens (tertiary/aromatic N) is 2. The fraction of sp³-hybridized carbons (Fsp3) is 0.364. The summed E-state index contributed by atoms with van der Waals surface area (Å²) in [5.41, 5.74) is 4.63. The van der Waals surface area contributed by atoms with Crippen LogP contribution in [0.25, 0.3) is 10.9 Å². The van der Waals surface area contributed by atoms with Crippen LogP contribution in [0.3, 0.4) is 0 Å². The van der Waals surface area contributed by atoms with E-state index in [0.29, 0.717) is 12.1 Å². The molecule has 0 saturated carbocycles. The quantitative estimate of drug-likeness (QED) is 0.651. The number of benzene rings is 2. The minimum absolute atomic E-state index is 0.00547. The minimum Gasteiger partial charge on any atom is -0.347 e. The number of likely N-dealkylation sites (N-methyl/N-ethyl adjacent to an activating group) is 1. The van der Waals surface area contributed by atoms with Gasteiger partial charge >= 0.3 is 0 Å². The van der Waals surface area contributed by atoms with Gasteiger partial charge in [-0.3, -0.25) is 4.90 Å². The SMILES string of the molecule is Cc1cc(S(=O)(=O)c2cccc(F)c2)cc2c3c(n(C)c12)CC1CCC3N1C. The van der Waals surface area contributed by atoms with E-state index >= 15 is 0 Å². The molecule has 0 aliphatic carbocycles. The number of aryl methyl sites for hydroxylation is 2. The van der Waals surface area contributed by atoms with Crippen LogP contribution in [0.2, 0.25) is 0 Å². The molecule has 2 aromatic carbocycles. The molecule has 146 valence electrons. The van der Waals surface area contributed by atoms with Gasteiger partial charge in [-0.1, -0.05) is 6.07 Å². The summed E-state index contributed by atoms with van der Waals surface area (Å²) >= 11 is 0. The predicted molar refractivity (Wildman–Crippen MR) is 107 cm³/mol. The van der Waals surface area contributed by atoms with Crippen LogP contribution in [-0.4, -0.2) is 31.0 Å². The van der Waals surface area contributed by atoms with Crippen molar-refractivity contribution < 1.29 is 12.8 Å². The van der Waals surface area contributed by atoms with Gasteiger partial charge in [0.15, 0.2) is 0 Å². The first-order valence-electron chi connectivity index (χ1n) is 9.63. The van der Waals surface area contributed by atoms with Gasteiger partial charge in [0.25, 0.3) is 0 Å². The lowest BCUT2D eigenvalue weighted by atomic mass is 9.97. The van der Waals surface area contributed by atoms with Crippen molar-refractivity contribution in [2.75, 3.05) is 7.05 Å².